The van der Waals surface area contributed by atoms with Crippen molar-refractivity contribution >= 4 is 16.9 Å². The maximum atomic E-state index is 13.7. The van der Waals surface area contributed by atoms with E-state index in [1.165, 1.54) is 6.07 Å². The molecule has 3 aromatic rings. The van der Waals surface area contributed by atoms with Crippen LogP contribution in [0.2, 0.25) is 0 Å². The van der Waals surface area contributed by atoms with Gasteiger partial charge in [0.1, 0.15) is 17.2 Å². The van der Waals surface area contributed by atoms with Crippen LogP contribution >= 0.6 is 0 Å². The second-order valence-electron chi connectivity index (χ2n) is 4.07. The van der Waals surface area contributed by atoms with E-state index in [-0.39, 0.29) is 5.82 Å². The van der Waals surface area contributed by atoms with Crippen molar-refractivity contribution < 1.29 is 4.39 Å². The third-order valence-corrected chi connectivity index (χ3v) is 2.90. The number of para-hydroxylation sites is 1. The largest absolute Gasteiger partial charge is 0.384 e. The molecule has 0 atom stereocenters. The first-order valence-electron chi connectivity index (χ1n) is 5.49. The number of anilines is 1. The van der Waals surface area contributed by atoms with E-state index < -0.39 is 0 Å². The molecule has 0 spiro atoms. The van der Waals surface area contributed by atoms with Crippen LogP contribution in [0.15, 0.2) is 36.5 Å². The minimum Gasteiger partial charge on any atom is -0.384 e. The Labute approximate surface area is 103 Å². The Morgan fingerprint density at radius 3 is 2.83 bits per heavy atom. The summed E-state index contributed by atoms with van der Waals surface area (Å²) in [4.78, 5) is 8.26. The van der Waals surface area contributed by atoms with E-state index in [1.54, 1.807) is 24.4 Å². The highest BCUT2D eigenvalue weighted by molar-refractivity contribution is 5.81. The van der Waals surface area contributed by atoms with Gasteiger partial charge in [-0.05, 0) is 24.3 Å². The van der Waals surface area contributed by atoms with Gasteiger partial charge in [-0.15, -0.1) is 0 Å². The Balaban J connectivity index is 2.30. The molecular formula is C13H11FN4. The van der Waals surface area contributed by atoms with Crippen LogP contribution < -0.4 is 5.73 Å². The van der Waals surface area contributed by atoms with Gasteiger partial charge in [0.25, 0.3) is 0 Å². The van der Waals surface area contributed by atoms with E-state index >= 15 is 0 Å². The van der Waals surface area contributed by atoms with Crippen molar-refractivity contribution in [3.63, 3.8) is 0 Å². The van der Waals surface area contributed by atoms with E-state index in [1.807, 2.05) is 17.7 Å². The lowest BCUT2D eigenvalue weighted by Crippen LogP contribution is -1.95. The molecule has 0 bridgehead atoms. The van der Waals surface area contributed by atoms with Gasteiger partial charge in [0, 0.05) is 18.8 Å². The minimum absolute atomic E-state index is 0.323. The van der Waals surface area contributed by atoms with Crippen molar-refractivity contribution in [1.29, 1.82) is 0 Å². The first-order chi connectivity index (χ1) is 8.66. The molecule has 0 radical (unpaired) electrons. The molecule has 2 heterocycles. The molecule has 0 fully saturated rings. The Kier molecular flexibility index (Phi) is 2.26. The number of imidazole rings is 1. The van der Waals surface area contributed by atoms with Crippen LogP contribution in [0, 0.1) is 5.82 Å². The molecule has 4 nitrogen and oxygen atoms in total. The SMILES string of the molecule is Cn1c(-c2ccnc(N)c2)nc2c(F)cccc21. The summed E-state index contributed by atoms with van der Waals surface area (Å²) in [6, 6.07) is 8.43. The van der Waals surface area contributed by atoms with E-state index in [9.17, 15) is 4.39 Å². The number of fused-ring (bicyclic) bond motifs is 1. The number of aryl methyl sites for hydroxylation is 1. The van der Waals surface area contributed by atoms with Gasteiger partial charge in [0.05, 0.1) is 5.52 Å². The van der Waals surface area contributed by atoms with Crippen LogP contribution in [-0.4, -0.2) is 14.5 Å². The third-order valence-electron chi connectivity index (χ3n) is 2.90. The summed E-state index contributed by atoms with van der Waals surface area (Å²) in [5.41, 5.74) is 7.58. The number of hydrogen-bond donors (Lipinski definition) is 1. The van der Waals surface area contributed by atoms with Crippen LogP contribution in [0.5, 0.6) is 0 Å². The van der Waals surface area contributed by atoms with Crippen molar-refractivity contribution in [2.45, 2.75) is 0 Å². The number of nitrogens with two attached hydrogens (primary N) is 1. The standard InChI is InChI=1S/C13H11FN4/c1-18-10-4-2-3-9(14)12(10)17-13(18)8-5-6-16-11(15)7-8/h2-7H,1H3,(H2,15,16). The summed E-state index contributed by atoms with van der Waals surface area (Å²) in [6.45, 7) is 0. The monoisotopic (exact) mass is 242 g/mol. The number of benzene rings is 1. The Morgan fingerprint density at radius 1 is 1.28 bits per heavy atom. The predicted molar refractivity (Wildman–Crippen MR) is 68.3 cm³/mol. The van der Waals surface area contributed by atoms with Crippen LogP contribution in [0.1, 0.15) is 0 Å². The van der Waals surface area contributed by atoms with Crippen molar-refractivity contribution in [1.82, 2.24) is 14.5 Å². The Hall–Kier alpha value is -2.43. The van der Waals surface area contributed by atoms with E-state index in [0.29, 0.717) is 17.2 Å². The fourth-order valence-electron chi connectivity index (χ4n) is 2.03. The zero-order valence-corrected chi connectivity index (χ0v) is 9.76. The number of pyridine rings is 1. The molecular weight excluding hydrogens is 231 g/mol. The van der Waals surface area contributed by atoms with Crippen LogP contribution in [0.25, 0.3) is 22.4 Å². The average Bonchev–Trinajstić information content (AvgIpc) is 2.69. The van der Waals surface area contributed by atoms with Crippen LogP contribution in [-0.2, 0) is 7.05 Å². The second kappa shape index (κ2) is 3.80. The lowest BCUT2D eigenvalue weighted by atomic mass is 10.2. The Morgan fingerprint density at radius 2 is 2.11 bits per heavy atom. The zero-order chi connectivity index (χ0) is 12.7. The normalized spacial score (nSPS) is 11.0. The molecule has 18 heavy (non-hydrogen) atoms. The maximum Gasteiger partial charge on any atom is 0.151 e. The molecule has 0 aliphatic rings. The van der Waals surface area contributed by atoms with E-state index in [2.05, 4.69) is 9.97 Å². The van der Waals surface area contributed by atoms with Gasteiger partial charge in [0.2, 0.25) is 0 Å². The summed E-state index contributed by atoms with van der Waals surface area (Å²) >= 11 is 0. The van der Waals surface area contributed by atoms with Gasteiger partial charge in [-0.1, -0.05) is 6.07 Å². The minimum atomic E-state index is -0.323. The summed E-state index contributed by atoms with van der Waals surface area (Å²) in [7, 11) is 1.85. The first kappa shape index (κ1) is 10.7. The summed E-state index contributed by atoms with van der Waals surface area (Å²) in [5, 5.41) is 0. The molecule has 0 aliphatic heterocycles. The molecule has 0 aliphatic carbocycles. The highest BCUT2D eigenvalue weighted by atomic mass is 19.1. The third kappa shape index (κ3) is 1.52. The summed E-state index contributed by atoms with van der Waals surface area (Å²) < 4.78 is 15.5. The Bertz CT molecular complexity index is 733. The topological polar surface area (TPSA) is 56.7 Å². The van der Waals surface area contributed by atoms with Gasteiger partial charge in [0.15, 0.2) is 5.82 Å². The number of halogens is 1. The quantitative estimate of drug-likeness (QED) is 0.712. The number of hydrogen-bond acceptors (Lipinski definition) is 3. The van der Waals surface area contributed by atoms with Gasteiger partial charge in [-0.25, -0.2) is 14.4 Å². The van der Waals surface area contributed by atoms with Crippen molar-refractivity contribution in [3.05, 3.63) is 42.3 Å². The van der Waals surface area contributed by atoms with E-state index in [4.69, 9.17) is 5.73 Å². The molecule has 5 heteroatoms. The zero-order valence-electron chi connectivity index (χ0n) is 9.76. The number of rotatable bonds is 1. The first-order valence-corrected chi connectivity index (χ1v) is 5.49. The van der Waals surface area contributed by atoms with Crippen LogP contribution in [0.3, 0.4) is 0 Å². The predicted octanol–water partition coefficient (Wildman–Crippen LogP) is 2.36. The highest BCUT2D eigenvalue weighted by Crippen LogP contribution is 2.25. The van der Waals surface area contributed by atoms with E-state index in [0.717, 1.165) is 11.1 Å². The lowest BCUT2D eigenvalue weighted by Gasteiger charge is -2.02. The molecule has 90 valence electrons. The molecule has 2 N–H and O–H groups in total. The maximum absolute atomic E-state index is 13.7. The van der Waals surface area contributed by atoms with Gasteiger partial charge >= 0.3 is 0 Å². The molecule has 2 aromatic heterocycles. The molecule has 1 aromatic carbocycles. The number of nitrogen functional groups attached to an aromatic ring is 1. The summed E-state index contributed by atoms with van der Waals surface area (Å²) in [6.07, 6.45) is 1.61. The average molecular weight is 242 g/mol. The molecule has 0 unspecified atom stereocenters. The van der Waals surface area contributed by atoms with Gasteiger partial charge < -0.3 is 10.3 Å². The number of aromatic nitrogens is 3. The van der Waals surface area contributed by atoms with Crippen molar-refractivity contribution in [2.75, 3.05) is 5.73 Å². The highest BCUT2D eigenvalue weighted by Gasteiger charge is 2.12. The number of nitrogens with zero attached hydrogens (tertiary/aromatic N) is 3. The van der Waals surface area contributed by atoms with Crippen LogP contribution in [0.4, 0.5) is 10.2 Å². The van der Waals surface area contributed by atoms with Gasteiger partial charge in [-0.2, -0.15) is 0 Å². The molecule has 3 rings (SSSR count). The molecule has 0 saturated carbocycles. The van der Waals surface area contributed by atoms with Gasteiger partial charge in [-0.3, -0.25) is 0 Å². The molecule has 0 amide bonds. The fraction of sp³-hybridized carbons (Fsp3) is 0.0769. The molecule has 0 saturated heterocycles. The second-order valence-corrected chi connectivity index (χ2v) is 4.07. The van der Waals surface area contributed by atoms with Crippen molar-refractivity contribution in [2.24, 2.45) is 7.05 Å². The lowest BCUT2D eigenvalue weighted by molar-refractivity contribution is 0.637. The summed E-state index contributed by atoms with van der Waals surface area (Å²) in [5.74, 6) is 0.764. The fourth-order valence-corrected chi connectivity index (χ4v) is 2.03. The smallest absolute Gasteiger partial charge is 0.151 e. The van der Waals surface area contributed by atoms with Crippen molar-refractivity contribution in [3.8, 4) is 11.4 Å².